The average molecular weight is 339 g/mol. The van der Waals surface area contributed by atoms with Crippen LogP contribution in [0.4, 0.5) is 0 Å². The summed E-state index contributed by atoms with van der Waals surface area (Å²) in [6.07, 6.45) is 1.26. The van der Waals surface area contributed by atoms with Crippen molar-refractivity contribution in [3.05, 3.63) is 59.7 Å². The Morgan fingerprint density at radius 1 is 1.12 bits per heavy atom. The lowest BCUT2D eigenvalue weighted by Crippen LogP contribution is -2.09. The lowest BCUT2D eigenvalue weighted by molar-refractivity contribution is -0.132. The van der Waals surface area contributed by atoms with E-state index in [1.165, 1.54) is 13.2 Å². The van der Waals surface area contributed by atoms with Gasteiger partial charge in [0, 0.05) is 11.6 Å². The number of nitrogens with zero attached hydrogens (tertiary/aromatic N) is 1. The maximum Gasteiger partial charge on any atom is 0.346 e. The smallest absolute Gasteiger partial charge is 0.346 e. The number of nitriles is 1. The molecule has 6 nitrogen and oxygen atoms in total. The van der Waals surface area contributed by atoms with Crippen LogP contribution in [0.1, 0.15) is 5.56 Å². The van der Waals surface area contributed by atoms with Crippen LogP contribution in [0.2, 0.25) is 0 Å². The van der Waals surface area contributed by atoms with Gasteiger partial charge in [0.25, 0.3) is 0 Å². The van der Waals surface area contributed by atoms with Crippen molar-refractivity contribution in [3.8, 4) is 23.3 Å². The normalized spacial score (nSPS) is 10.6. The molecule has 0 unspecified atom stereocenters. The molecule has 128 valence electrons. The van der Waals surface area contributed by atoms with E-state index >= 15 is 0 Å². The third-order valence-electron chi connectivity index (χ3n) is 3.22. The van der Waals surface area contributed by atoms with Gasteiger partial charge in [0.2, 0.25) is 0 Å². The molecule has 0 aromatic heterocycles. The summed E-state index contributed by atoms with van der Waals surface area (Å²) in [7, 11) is 1.52. The van der Waals surface area contributed by atoms with Gasteiger partial charge in [-0.2, -0.15) is 5.26 Å². The minimum Gasteiger partial charge on any atom is -0.497 e. The highest BCUT2D eigenvalue weighted by atomic mass is 16.5. The van der Waals surface area contributed by atoms with Crippen LogP contribution >= 0.6 is 0 Å². The van der Waals surface area contributed by atoms with Crippen LogP contribution in [0.25, 0.3) is 6.08 Å². The summed E-state index contributed by atoms with van der Waals surface area (Å²) < 4.78 is 16.4. The monoisotopic (exact) mass is 339 g/mol. The zero-order valence-corrected chi connectivity index (χ0v) is 13.6. The minimum atomic E-state index is -1.29. The second kappa shape index (κ2) is 8.99. The van der Waals surface area contributed by atoms with E-state index < -0.39 is 5.97 Å². The van der Waals surface area contributed by atoms with Gasteiger partial charge in [-0.05, 0) is 30.3 Å². The molecule has 0 aliphatic carbocycles. The zero-order chi connectivity index (χ0) is 18.1. The van der Waals surface area contributed by atoms with Crippen molar-refractivity contribution in [3.63, 3.8) is 0 Å². The van der Waals surface area contributed by atoms with Crippen LogP contribution in [-0.4, -0.2) is 31.4 Å². The van der Waals surface area contributed by atoms with Gasteiger partial charge < -0.3 is 19.3 Å². The van der Waals surface area contributed by atoms with Crippen molar-refractivity contribution < 1.29 is 24.1 Å². The molecule has 2 aromatic rings. The Morgan fingerprint density at radius 3 is 2.48 bits per heavy atom. The molecular weight excluding hydrogens is 322 g/mol. The second-order valence-electron chi connectivity index (χ2n) is 4.89. The minimum absolute atomic E-state index is 0.248. The summed E-state index contributed by atoms with van der Waals surface area (Å²) in [6.45, 7) is 0.562. The number of carbonyl (C=O) groups is 1. The van der Waals surface area contributed by atoms with Crippen molar-refractivity contribution in [2.75, 3.05) is 20.3 Å². The number of aliphatic carboxylic acids is 1. The predicted molar refractivity (Wildman–Crippen MR) is 91.7 cm³/mol. The van der Waals surface area contributed by atoms with Crippen molar-refractivity contribution in [1.29, 1.82) is 5.26 Å². The first-order chi connectivity index (χ1) is 12.1. The highest BCUT2D eigenvalue weighted by molar-refractivity contribution is 5.96. The van der Waals surface area contributed by atoms with Crippen LogP contribution in [0.3, 0.4) is 0 Å². The molecule has 0 amide bonds. The number of methoxy groups -OCH3 is 1. The van der Waals surface area contributed by atoms with Gasteiger partial charge in [0.1, 0.15) is 42.1 Å². The van der Waals surface area contributed by atoms with Gasteiger partial charge in [0.05, 0.1) is 7.11 Å². The maximum atomic E-state index is 11.0. The lowest BCUT2D eigenvalue weighted by atomic mass is 10.1. The average Bonchev–Trinajstić information content (AvgIpc) is 2.64. The first-order valence-corrected chi connectivity index (χ1v) is 7.48. The summed E-state index contributed by atoms with van der Waals surface area (Å²) in [5.41, 5.74) is 0.0926. The van der Waals surface area contributed by atoms with Crippen molar-refractivity contribution in [1.82, 2.24) is 0 Å². The predicted octanol–water partition coefficient (Wildman–Crippen LogP) is 3.14. The molecule has 0 aliphatic heterocycles. The number of ether oxygens (including phenoxy) is 3. The van der Waals surface area contributed by atoms with Crippen molar-refractivity contribution >= 4 is 12.0 Å². The van der Waals surface area contributed by atoms with Crippen LogP contribution in [0.5, 0.6) is 17.2 Å². The molecule has 0 saturated heterocycles. The topological polar surface area (TPSA) is 88.8 Å². The summed E-state index contributed by atoms with van der Waals surface area (Å²) in [5.74, 6) is 0.404. The summed E-state index contributed by atoms with van der Waals surface area (Å²) in [6, 6.07) is 15.9. The molecule has 2 rings (SSSR count). The van der Waals surface area contributed by atoms with Gasteiger partial charge in [-0.1, -0.05) is 18.2 Å². The van der Waals surface area contributed by atoms with E-state index in [4.69, 9.17) is 24.6 Å². The van der Waals surface area contributed by atoms with E-state index in [1.54, 1.807) is 24.3 Å². The van der Waals surface area contributed by atoms with Crippen LogP contribution < -0.4 is 14.2 Å². The van der Waals surface area contributed by atoms with Gasteiger partial charge in [-0.3, -0.25) is 0 Å². The fraction of sp³-hybridized carbons (Fsp3) is 0.158. The highest BCUT2D eigenvalue weighted by Crippen LogP contribution is 2.27. The fourth-order valence-electron chi connectivity index (χ4n) is 2.01. The molecule has 0 aliphatic rings. The number of rotatable bonds is 8. The Morgan fingerprint density at radius 2 is 1.84 bits per heavy atom. The van der Waals surface area contributed by atoms with E-state index in [1.807, 2.05) is 30.3 Å². The number of carboxylic acids is 1. The van der Waals surface area contributed by atoms with Gasteiger partial charge >= 0.3 is 5.97 Å². The molecule has 0 radical (unpaired) electrons. The Balaban J connectivity index is 2.09. The second-order valence-corrected chi connectivity index (χ2v) is 4.89. The highest BCUT2D eigenvalue weighted by Gasteiger charge is 2.10. The number of benzene rings is 2. The van der Waals surface area contributed by atoms with Crippen molar-refractivity contribution in [2.24, 2.45) is 0 Å². The quantitative estimate of drug-likeness (QED) is 0.451. The molecule has 2 aromatic carbocycles. The number of hydrogen-bond acceptors (Lipinski definition) is 5. The largest absolute Gasteiger partial charge is 0.497 e. The molecule has 0 fully saturated rings. The van der Waals surface area contributed by atoms with Crippen LogP contribution in [-0.2, 0) is 4.79 Å². The Kier molecular flexibility index (Phi) is 6.43. The van der Waals surface area contributed by atoms with E-state index in [0.717, 1.165) is 5.75 Å². The summed E-state index contributed by atoms with van der Waals surface area (Å²) in [4.78, 5) is 11.0. The maximum absolute atomic E-state index is 11.0. The first-order valence-electron chi connectivity index (χ1n) is 7.48. The van der Waals surface area contributed by atoms with E-state index in [-0.39, 0.29) is 12.2 Å². The SMILES string of the molecule is COc1ccc(C=C(C#N)C(=O)O)c(OCCOc2ccccc2)c1. The molecule has 6 heteroatoms. The van der Waals surface area contributed by atoms with E-state index in [9.17, 15) is 4.79 Å². The van der Waals surface area contributed by atoms with Crippen LogP contribution in [0, 0.1) is 11.3 Å². The summed E-state index contributed by atoms with van der Waals surface area (Å²) >= 11 is 0. The molecule has 0 spiro atoms. The molecule has 0 saturated carbocycles. The third kappa shape index (κ3) is 5.29. The molecule has 25 heavy (non-hydrogen) atoms. The number of carboxylic acid groups (broad SMARTS) is 1. The van der Waals surface area contributed by atoms with Gasteiger partial charge in [0.15, 0.2) is 0 Å². The van der Waals surface area contributed by atoms with Gasteiger partial charge in [-0.25, -0.2) is 4.79 Å². The molecule has 0 bridgehead atoms. The Hall–Kier alpha value is -3.46. The zero-order valence-electron chi connectivity index (χ0n) is 13.6. The standard InChI is InChI=1S/C19H17NO5/c1-23-17-8-7-14(11-15(13-20)19(21)22)18(12-17)25-10-9-24-16-5-3-2-4-6-16/h2-8,11-12H,9-10H2,1H3,(H,21,22). The first kappa shape index (κ1) is 17.9. The molecule has 1 N–H and O–H groups in total. The fourth-order valence-corrected chi connectivity index (χ4v) is 2.01. The van der Waals surface area contributed by atoms with Crippen LogP contribution in [0.15, 0.2) is 54.1 Å². The van der Waals surface area contributed by atoms with Crippen molar-refractivity contribution in [2.45, 2.75) is 0 Å². The number of hydrogen-bond donors (Lipinski definition) is 1. The summed E-state index contributed by atoms with van der Waals surface area (Å²) in [5, 5.41) is 17.9. The molecule has 0 heterocycles. The lowest BCUT2D eigenvalue weighted by Gasteiger charge is -2.12. The molecule has 0 atom stereocenters. The van der Waals surface area contributed by atoms with E-state index in [2.05, 4.69) is 0 Å². The Labute approximate surface area is 145 Å². The van der Waals surface area contributed by atoms with E-state index in [0.29, 0.717) is 23.7 Å². The Bertz CT molecular complexity index is 793. The molecular formula is C19H17NO5. The third-order valence-corrected chi connectivity index (χ3v) is 3.22. The number of para-hydroxylation sites is 1. The van der Waals surface area contributed by atoms with Gasteiger partial charge in [-0.15, -0.1) is 0 Å².